The summed E-state index contributed by atoms with van der Waals surface area (Å²) < 4.78 is 5.31. The summed E-state index contributed by atoms with van der Waals surface area (Å²) in [6.45, 7) is 10.6. The van der Waals surface area contributed by atoms with Crippen molar-refractivity contribution in [3.8, 4) is 0 Å². The third kappa shape index (κ3) is 3.72. The summed E-state index contributed by atoms with van der Waals surface area (Å²) >= 11 is 0. The van der Waals surface area contributed by atoms with E-state index in [0.717, 1.165) is 13.1 Å². The van der Waals surface area contributed by atoms with Gasteiger partial charge < -0.3 is 15.1 Å². The topological polar surface area (TPSA) is 70.4 Å². The Balaban J connectivity index is 1.77. The fourth-order valence-electron chi connectivity index (χ4n) is 2.49. The lowest BCUT2D eigenvalue weighted by Crippen LogP contribution is -2.45. The van der Waals surface area contributed by atoms with Crippen molar-refractivity contribution in [2.45, 2.75) is 46.3 Å². The molecule has 0 aromatic carbocycles. The summed E-state index contributed by atoms with van der Waals surface area (Å²) in [5, 5.41) is 5.84. The normalized spacial score (nSPS) is 23.2. The molecule has 2 unspecified atom stereocenters. The molecule has 1 saturated heterocycles. The predicted octanol–water partition coefficient (Wildman–Crippen LogP) is 1.51. The Kier molecular flexibility index (Phi) is 4.65. The van der Waals surface area contributed by atoms with Gasteiger partial charge in [-0.2, -0.15) is 0 Å². The zero-order valence-electron chi connectivity index (χ0n) is 12.6. The second-order valence-electron chi connectivity index (χ2n) is 5.80. The van der Waals surface area contributed by atoms with Crippen LogP contribution < -0.4 is 10.6 Å². The number of nitrogens with one attached hydrogen (secondary N) is 2. The maximum absolute atomic E-state index is 11.9. The van der Waals surface area contributed by atoms with E-state index in [1.54, 1.807) is 13.1 Å². The van der Waals surface area contributed by atoms with E-state index in [2.05, 4.69) is 41.3 Å². The number of aryl methyl sites for hydroxylation is 1. The zero-order chi connectivity index (χ0) is 14.7. The van der Waals surface area contributed by atoms with Gasteiger partial charge in [0.05, 0.1) is 12.7 Å². The van der Waals surface area contributed by atoms with Crippen LogP contribution in [0.25, 0.3) is 0 Å². The van der Waals surface area contributed by atoms with Crippen LogP contribution in [0.5, 0.6) is 0 Å². The Morgan fingerprint density at radius 1 is 1.55 bits per heavy atom. The molecule has 6 nitrogen and oxygen atoms in total. The van der Waals surface area contributed by atoms with Crippen molar-refractivity contribution >= 4 is 6.03 Å². The van der Waals surface area contributed by atoms with E-state index in [0.29, 0.717) is 30.2 Å². The van der Waals surface area contributed by atoms with Crippen molar-refractivity contribution in [3.63, 3.8) is 0 Å². The van der Waals surface area contributed by atoms with Gasteiger partial charge in [0.2, 0.25) is 0 Å². The first-order valence-electron chi connectivity index (χ1n) is 7.15. The largest absolute Gasteiger partial charge is 0.444 e. The Morgan fingerprint density at radius 2 is 2.30 bits per heavy atom. The number of amides is 2. The first-order chi connectivity index (χ1) is 9.45. The van der Waals surface area contributed by atoms with Crippen LogP contribution in [0.3, 0.4) is 0 Å². The minimum Gasteiger partial charge on any atom is -0.444 e. The number of aromatic nitrogens is 1. The molecule has 1 aliphatic heterocycles. The van der Waals surface area contributed by atoms with Crippen LogP contribution in [-0.2, 0) is 6.54 Å². The summed E-state index contributed by atoms with van der Waals surface area (Å²) in [6.07, 6.45) is 1.63. The number of hydrogen-bond donors (Lipinski definition) is 2. The highest BCUT2D eigenvalue weighted by molar-refractivity contribution is 5.74. The minimum absolute atomic E-state index is 0.151. The van der Waals surface area contributed by atoms with Gasteiger partial charge in [-0.25, -0.2) is 9.78 Å². The van der Waals surface area contributed by atoms with Crippen LogP contribution >= 0.6 is 0 Å². The van der Waals surface area contributed by atoms with Crippen molar-refractivity contribution in [1.29, 1.82) is 0 Å². The van der Waals surface area contributed by atoms with Crippen LogP contribution in [0, 0.1) is 12.8 Å². The highest BCUT2D eigenvalue weighted by atomic mass is 16.4. The molecule has 1 aromatic heterocycles. The Labute approximate surface area is 119 Å². The number of carbonyl (C=O) groups is 1. The van der Waals surface area contributed by atoms with Gasteiger partial charge in [0.25, 0.3) is 0 Å². The van der Waals surface area contributed by atoms with Gasteiger partial charge in [-0.05, 0) is 19.8 Å². The minimum atomic E-state index is -0.151. The number of carbonyl (C=O) groups excluding carboxylic acids is 1. The summed E-state index contributed by atoms with van der Waals surface area (Å²) in [5.41, 5.74) is 0. The zero-order valence-corrected chi connectivity index (χ0v) is 12.6. The van der Waals surface area contributed by atoms with Gasteiger partial charge in [0.15, 0.2) is 5.89 Å². The molecule has 1 aliphatic rings. The Hall–Kier alpha value is -1.56. The molecule has 0 aliphatic carbocycles. The molecule has 2 atom stereocenters. The molecule has 0 radical (unpaired) electrons. The van der Waals surface area contributed by atoms with Crippen LogP contribution in [0.4, 0.5) is 4.79 Å². The van der Waals surface area contributed by atoms with Crippen LogP contribution in [-0.4, -0.2) is 41.1 Å². The van der Waals surface area contributed by atoms with E-state index >= 15 is 0 Å². The molecule has 0 spiro atoms. The van der Waals surface area contributed by atoms with Crippen molar-refractivity contribution in [1.82, 2.24) is 20.5 Å². The molecule has 0 bridgehead atoms. The smallest absolute Gasteiger partial charge is 0.315 e. The first-order valence-corrected chi connectivity index (χ1v) is 7.15. The summed E-state index contributed by atoms with van der Waals surface area (Å²) in [5.74, 6) is 1.75. The molecular formula is C14H24N4O2. The number of nitrogens with zero attached hydrogens (tertiary/aromatic N) is 2. The number of hydrogen-bond acceptors (Lipinski definition) is 4. The van der Waals surface area contributed by atoms with E-state index in [-0.39, 0.29) is 12.1 Å². The number of likely N-dealkylation sites (tertiary alicyclic amines) is 1. The van der Waals surface area contributed by atoms with Gasteiger partial charge in [-0.1, -0.05) is 6.92 Å². The number of rotatable bonds is 4. The molecule has 2 amide bonds. The van der Waals surface area contributed by atoms with E-state index < -0.39 is 0 Å². The Morgan fingerprint density at radius 3 is 2.85 bits per heavy atom. The van der Waals surface area contributed by atoms with Crippen molar-refractivity contribution in [2.24, 2.45) is 5.92 Å². The summed E-state index contributed by atoms with van der Waals surface area (Å²) in [6, 6.07) is 0.569. The van der Waals surface area contributed by atoms with Crippen molar-refractivity contribution < 1.29 is 9.21 Å². The molecule has 2 heterocycles. The summed E-state index contributed by atoms with van der Waals surface area (Å²) in [7, 11) is 0. The molecule has 6 heteroatoms. The van der Waals surface area contributed by atoms with E-state index in [9.17, 15) is 4.79 Å². The fourth-order valence-corrected chi connectivity index (χ4v) is 2.49. The maximum atomic E-state index is 11.9. The standard InChI is InChI=1S/C14H24N4O2/c1-9(2)18-7-10(3)13(8-18)17-14(19)16-6-12-5-15-11(4)20-12/h5,9-10,13H,6-8H2,1-4H3,(H2,16,17,19). The predicted molar refractivity (Wildman–Crippen MR) is 76.3 cm³/mol. The molecule has 2 rings (SSSR count). The van der Waals surface area contributed by atoms with Gasteiger partial charge in [0, 0.05) is 32.1 Å². The van der Waals surface area contributed by atoms with Crippen molar-refractivity contribution in [2.75, 3.05) is 13.1 Å². The SMILES string of the molecule is Cc1ncc(CNC(=O)NC2CN(C(C)C)CC2C)o1. The van der Waals surface area contributed by atoms with Gasteiger partial charge in [-0.3, -0.25) is 4.90 Å². The highest BCUT2D eigenvalue weighted by Gasteiger charge is 2.31. The average molecular weight is 280 g/mol. The lowest BCUT2D eigenvalue weighted by molar-refractivity contribution is 0.231. The van der Waals surface area contributed by atoms with Gasteiger partial charge in [-0.15, -0.1) is 0 Å². The maximum Gasteiger partial charge on any atom is 0.315 e. The third-order valence-electron chi connectivity index (χ3n) is 3.78. The molecule has 20 heavy (non-hydrogen) atoms. The molecule has 1 aromatic rings. The highest BCUT2D eigenvalue weighted by Crippen LogP contribution is 2.18. The van der Waals surface area contributed by atoms with Crippen molar-refractivity contribution in [3.05, 3.63) is 17.8 Å². The van der Waals surface area contributed by atoms with Crippen LogP contribution in [0.2, 0.25) is 0 Å². The van der Waals surface area contributed by atoms with Gasteiger partial charge in [0.1, 0.15) is 5.76 Å². The van der Waals surface area contributed by atoms with E-state index in [4.69, 9.17) is 4.42 Å². The lowest BCUT2D eigenvalue weighted by Gasteiger charge is -2.20. The summed E-state index contributed by atoms with van der Waals surface area (Å²) in [4.78, 5) is 18.3. The lowest BCUT2D eigenvalue weighted by atomic mass is 10.1. The quantitative estimate of drug-likeness (QED) is 0.877. The van der Waals surface area contributed by atoms with E-state index in [1.807, 2.05) is 0 Å². The fraction of sp³-hybridized carbons (Fsp3) is 0.714. The second-order valence-corrected chi connectivity index (χ2v) is 5.80. The van der Waals surface area contributed by atoms with Crippen LogP contribution in [0.1, 0.15) is 32.4 Å². The Bertz CT molecular complexity index is 458. The first kappa shape index (κ1) is 14.8. The average Bonchev–Trinajstić information content (AvgIpc) is 2.94. The monoisotopic (exact) mass is 280 g/mol. The molecule has 2 N–H and O–H groups in total. The molecular weight excluding hydrogens is 256 g/mol. The molecule has 1 fully saturated rings. The molecule has 112 valence electrons. The number of urea groups is 1. The van der Waals surface area contributed by atoms with E-state index in [1.165, 1.54) is 0 Å². The number of oxazole rings is 1. The molecule has 0 saturated carbocycles. The second kappa shape index (κ2) is 6.26. The van der Waals surface area contributed by atoms with Crippen LogP contribution in [0.15, 0.2) is 10.6 Å². The van der Waals surface area contributed by atoms with Gasteiger partial charge >= 0.3 is 6.03 Å². The third-order valence-corrected chi connectivity index (χ3v) is 3.78.